The van der Waals surface area contributed by atoms with Crippen LogP contribution in [-0.4, -0.2) is 6.04 Å². The summed E-state index contributed by atoms with van der Waals surface area (Å²) in [7, 11) is 0. The van der Waals surface area contributed by atoms with Gasteiger partial charge in [0.1, 0.15) is 0 Å². The van der Waals surface area contributed by atoms with Crippen molar-refractivity contribution < 1.29 is 0 Å². The van der Waals surface area contributed by atoms with Crippen molar-refractivity contribution in [2.75, 3.05) is 5.32 Å². The number of hydrogen-bond donors (Lipinski definition) is 1. The molecule has 2 rings (SSSR count). The molecule has 0 spiro atoms. The van der Waals surface area contributed by atoms with E-state index in [1.807, 2.05) is 0 Å². The number of nitrogens with one attached hydrogen (secondary N) is 1. The molecule has 0 heterocycles. The van der Waals surface area contributed by atoms with Crippen molar-refractivity contribution in [3.8, 4) is 0 Å². The van der Waals surface area contributed by atoms with Crippen LogP contribution in [-0.2, 0) is 0 Å². The summed E-state index contributed by atoms with van der Waals surface area (Å²) in [5.74, 6) is 0. The Balaban J connectivity index is 2.17. The molecule has 1 nitrogen and oxygen atoms in total. The Kier molecular flexibility index (Phi) is 3.65. The van der Waals surface area contributed by atoms with Crippen LogP contribution < -0.4 is 5.32 Å². The molecule has 1 aromatic rings. The maximum atomic E-state index is 3.66. The predicted molar refractivity (Wildman–Crippen MR) is 76.9 cm³/mol. The molecule has 0 saturated heterocycles. The standard InChI is InChI=1S/C13H17Br2N/c1-13(2)7-3-4-12(13)16-11-8-9(14)5-6-10(11)15/h5-6,8,12,16H,3-4,7H2,1-2H3. The van der Waals surface area contributed by atoms with Gasteiger partial charge in [0.2, 0.25) is 0 Å². The summed E-state index contributed by atoms with van der Waals surface area (Å²) in [6.45, 7) is 4.70. The average Bonchev–Trinajstić information content (AvgIpc) is 2.52. The van der Waals surface area contributed by atoms with Crippen LogP contribution in [0.5, 0.6) is 0 Å². The topological polar surface area (TPSA) is 12.0 Å². The van der Waals surface area contributed by atoms with E-state index in [-0.39, 0.29) is 0 Å². The van der Waals surface area contributed by atoms with E-state index in [1.54, 1.807) is 0 Å². The first kappa shape index (κ1) is 12.4. The van der Waals surface area contributed by atoms with Crippen LogP contribution in [0.25, 0.3) is 0 Å². The molecule has 1 aromatic carbocycles. The van der Waals surface area contributed by atoms with Gasteiger partial charge in [0.15, 0.2) is 0 Å². The van der Waals surface area contributed by atoms with Crippen molar-refractivity contribution in [1.29, 1.82) is 0 Å². The summed E-state index contributed by atoms with van der Waals surface area (Å²) < 4.78 is 2.26. The largest absolute Gasteiger partial charge is 0.381 e. The Bertz CT molecular complexity index is 388. The summed E-state index contributed by atoms with van der Waals surface area (Å²) in [5.41, 5.74) is 1.59. The van der Waals surface area contributed by atoms with E-state index in [9.17, 15) is 0 Å². The minimum atomic E-state index is 0.405. The van der Waals surface area contributed by atoms with Gasteiger partial charge in [0, 0.05) is 20.7 Å². The second kappa shape index (κ2) is 4.69. The normalized spacial score (nSPS) is 23.4. The molecule has 0 bridgehead atoms. The number of benzene rings is 1. The lowest BCUT2D eigenvalue weighted by atomic mass is 9.87. The van der Waals surface area contributed by atoms with Crippen LogP contribution in [0, 0.1) is 5.41 Å². The van der Waals surface area contributed by atoms with E-state index >= 15 is 0 Å². The SMILES string of the molecule is CC1(C)CCCC1Nc1cc(Br)ccc1Br. The van der Waals surface area contributed by atoms with Crippen molar-refractivity contribution in [3.63, 3.8) is 0 Å². The maximum Gasteiger partial charge on any atom is 0.0498 e. The number of hydrogen-bond acceptors (Lipinski definition) is 1. The highest BCUT2D eigenvalue weighted by atomic mass is 79.9. The van der Waals surface area contributed by atoms with E-state index in [0.717, 1.165) is 8.95 Å². The molecule has 1 N–H and O–H groups in total. The van der Waals surface area contributed by atoms with Crippen LogP contribution in [0.1, 0.15) is 33.1 Å². The average molecular weight is 347 g/mol. The monoisotopic (exact) mass is 345 g/mol. The highest BCUT2D eigenvalue weighted by Gasteiger charge is 2.34. The highest BCUT2D eigenvalue weighted by Crippen LogP contribution is 2.40. The van der Waals surface area contributed by atoms with E-state index in [4.69, 9.17) is 0 Å². The molecular formula is C13H17Br2N. The fourth-order valence-corrected chi connectivity index (χ4v) is 3.11. The Hall–Kier alpha value is -0.0200. The molecule has 88 valence electrons. The highest BCUT2D eigenvalue weighted by molar-refractivity contribution is 9.11. The third-order valence-electron chi connectivity index (χ3n) is 3.52. The van der Waals surface area contributed by atoms with Crippen LogP contribution in [0.15, 0.2) is 27.1 Å². The van der Waals surface area contributed by atoms with Gasteiger partial charge < -0.3 is 5.32 Å². The minimum absolute atomic E-state index is 0.405. The first-order chi connectivity index (χ1) is 7.49. The summed E-state index contributed by atoms with van der Waals surface area (Å²) in [6.07, 6.45) is 3.92. The molecule has 0 aliphatic heterocycles. The van der Waals surface area contributed by atoms with Gasteiger partial charge in [-0.2, -0.15) is 0 Å². The molecule has 0 radical (unpaired) electrons. The van der Waals surface area contributed by atoms with E-state index in [0.29, 0.717) is 11.5 Å². The fraction of sp³-hybridized carbons (Fsp3) is 0.538. The van der Waals surface area contributed by atoms with Gasteiger partial charge in [-0.3, -0.25) is 0 Å². The summed E-state index contributed by atoms with van der Waals surface area (Å²) in [4.78, 5) is 0. The lowest BCUT2D eigenvalue weighted by molar-refractivity contribution is 0.350. The van der Waals surface area contributed by atoms with Crippen LogP contribution in [0.3, 0.4) is 0 Å². The number of anilines is 1. The number of rotatable bonds is 2. The Labute approximate surface area is 114 Å². The molecule has 1 fully saturated rings. The molecule has 1 atom stereocenters. The molecule has 1 unspecified atom stereocenters. The molecule has 0 aromatic heterocycles. The smallest absolute Gasteiger partial charge is 0.0498 e. The van der Waals surface area contributed by atoms with E-state index in [1.165, 1.54) is 24.9 Å². The maximum absolute atomic E-state index is 3.66. The molecule has 1 saturated carbocycles. The third-order valence-corrected chi connectivity index (χ3v) is 4.70. The molecule has 1 aliphatic carbocycles. The van der Waals surface area contributed by atoms with Crippen molar-refractivity contribution >= 4 is 37.5 Å². The van der Waals surface area contributed by atoms with E-state index in [2.05, 4.69) is 69.2 Å². The summed E-state index contributed by atoms with van der Waals surface area (Å²) >= 11 is 7.11. The summed E-state index contributed by atoms with van der Waals surface area (Å²) in [5, 5.41) is 3.66. The zero-order valence-corrected chi connectivity index (χ0v) is 12.9. The van der Waals surface area contributed by atoms with Crippen molar-refractivity contribution in [2.45, 2.75) is 39.2 Å². The van der Waals surface area contributed by atoms with Gasteiger partial charge in [0.05, 0.1) is 0 Å². The van der Waals surface area contributed by atoms with Crippen LogP contribution >= 0.6 is 31.9 Å². The lowest BCUT2D eigenvalue weighted by Crippen LogP contribution is -2.30. The third kappa shape index (κ3) is 2.62. The van der Waals surface area contributed by atoms with Crippen molar-refractivity contribution in [3.05, 3.63) is 27.1 Å². The first-order valence-electron chi connectivity index (χ1n) is 5.71. The zero-order valence-electron chi connectivity index (χ0n) is 9.69. The number of halogens is 2. The predicted octanol–water partition coefficient (Wildman–Crippen LogP) is 5.20. The fourth-order valence-electron chi connectivity index (χ4n) is 2.39. The van der Waals surface area contributed by atoms with Crippen LogP contribution in [0.2, 0.25) is 0 Å². The Morgan fingerprint density at radius 1 is 1.31 bits per heavy atom. The minimum Gasteiger partial charge on any atom is -0.381 e. The van der Waals surface area contributed by atoms with Gasteiger partial charge in [-0.05, 0) is 52.4 Å². The van der Waals surface area contributed by atoms with Crippen LogP contribution in [0.4, 0.5) is 5.69 Å². The van der Waals surface area contributed by atoms with Gasteiger partial charge >= 0.3 is 0 Å². The van der Waals surface area contributed by atoms with Gasteiger partial charge in [-0.15, -0.1) is 0 Å². The zero-order chi connectivity index (χ0) is 11.8. The van der Waals surface area contributed by atoms with Gasteiger partial charge in [-0.25, -0.2) is 0 Å². The molecular weight excluding hydrogens is 330 g/mol. The van der Waals surface area contributed by atoms with Gasteiger partial charge in [0.25, 0.3) is 0 Å². The molecule has 1 aliphatic rings. The van der Waals surface area contributed by atoms with E-state index < -0.39 is 0 Å². The molecule has 3 heteroatoms. The molecule has 0 amide bonds. The first-order valence-corrected chi connectivity index (χ1v) is 7.29. The van der Waals surface area contributed by atoms with Gasteiger partial charge in [-0.1, -0.05) is 36.2 Å². The second-order valence-electron chi connectivity index (χ2n) is 5.20. The Morgan fingerprint density at radius 3 is 2.69 bits per heavy atom. The van der Waals surface area contributed by atoms with Crippen molar-refractivity contribution in [1.82, 2.24) is 0 Å². The Morgan fingerprint density at radius 2 is 2.06 bits per heavy atom. The summed E-state index contributed by atoms with van der Waals surface area (Å²) in [6, 6.07) is 6.85. The second-order valence-corrected chi connectivity index (χ2v) is 6.97. The lowest BCUT2D eigenvalue weighted by Gasteiger charge is -2.29. The van der Waals surface area contributed by atoms with Crippen molar-refractivity contribution in [2.24, 2.45) is 5.41 Å². The molecule has 16 heavy (non-hydrogen) atoms. The quantitative estimate of drug-likeness (QED) is 0.775.